The number of nitrogens with zero attached hydrogens (tertiary/aromatic N) is 4. The molecule has 4 rings (SSSR count). The standard InChI is InChI=1S/C23H21ClN4O3/c1-13-18(14(2)27(3)26-13)21(29)19-20(16-7-4-8-17(24)10-16)28(23(31)22(19)30)12-15-6-5-9-25-11-15/h4-11,20,29H,12H2,1-3H3. The first-order valence-electron chi connectivity index (χ1n) is 9.73. The van der Waals surface area contributed by atoms with Crippen molar-refractivity contribution >= 4 is 29.1 Å². The summed E-state index contributed by atoms with van der Waals surface area (Å²) in [5.74, 6) is -1.66. The zero-order chi connectivity index (χ0) is 22.3. The molecule has 0 spiro atoms. The van der Waals surface area contributed by atoms with E-state index in [1.54, 1.807) is 68.3 Å². The molecule has 1 N–H and O–H groups in total. The van der Waals surface area contributed by atoms with Crippen molar-refractivity contribution in [1.82, 2.24) is 19.7 Å². The molecule has 1 aromatic carbocycles. The van der Waals surface area contributed by atoms with Crippen LogP contribution in [0.3, 0.4) is 0 Å². The summed E-state index contributed by atoms with van der Waals surface area (Å²) >= 11 is 6.21. The maximum absolute atomic E-state index is 13.1. The second-order valence-electron chi connectivity index (χ2n) is 7.51. The van der Waals surface area contributed by atoms with Crippen molar-refractivity contribution in [2.24, 2.45) is 7.05 Å². The molecule has 158 valence electrons. The van der Waals surface area contributed by atoms with E-state index in [0.29, 0.717) is 27.5 Å². The number of pyridine rings is 1. The number of aliphatic hydroxyl groups excluding tert-OH is 1. The molecule has 8 heteroatoms. The van der Waals surface area contributed by atoms with Gasteiger partial charge in [-0.15, -0.1) is 0 Å². The minimum atomic E-state index is -0.794. The van der Waals surface area contributed by atoms with Crippen LogP contribution in [0.5, 0.6) is 0 Å². The minimum Gasteiger partial charge on any atom is -0.507 e. The van der Waals surface area contributed by atoms with Crippen molar-refractivity contribution in [3.63, 3.8) is 0 Å². The van der Waals surface area contributed by atoms with Gasteiger partial charge in [0.05, 0.1) is 22.9 Å². The SMILES string of the molecule is Cc1nn(C)c(C)c1C(O)=C1C(=O)C(=O)N(Cc2cccnc2)C1c1cccc(Cl)c1. The number of aryl methyl sites for hydroxylation is 2. The number of hydrogen-bond donors (Lipinski definition) is 1. The molecular weight excluding hydrogens is 416 g/mol. The van der Waals surface area contributed by atoms with E-state index >= 15 is 0 Å². The number of likely N-dealkylation sites (tertiary alicyclic amines) is 1. The normalized spacial score (nSPS) is 18.1. The van der Waals surface area contributed by atoms with Crippen LogP contribution in [-0.4, -0.2) is 36.5 Å². The first-order valence-corrected chi connectivity index (χ1v) is 10.1. The van der Waals surface area contributed by atoms with Crippen molar-refractivity contribution in [2.45, 2.75) is 26.4 Å². The maximum Gasteiger partial charge on any atom is 0.295 e. The van der Waals surface area contributed by atoms with Gasteiger partial charge < -0.3 is 10.0 Å². The predicted octanol–water partition coefficient (Wildman–Crippen LogP) is 3.71. The fourth-order valence-corrected chi connectivity index (χ4v) is 4.20. The Hall–Kier alpha value is -3.45. The van der Waals surface area contributed by atoms with Crippen LogP contribution in [0.2, 0.25) is 5.02 Å². The highest BCUT2D eigenvalue weighted by molar-refractivity contribution is 6.46. The molecule has 0 saturated carbocycles. The molecule has 1 aliphatic heterocycles. The number of benzene rings is 1. The first-order chi connectivity index (χ1) is 14.8. The number of aromatic nitrogens is 3. The quantitative estimate of drug-likeness (QED) is 0.382. The lowest BCUT2D eigenvalue weighted by Crippen LogP contribution is -2.29. The van der Waals surface area contributed by atoms with E-state index in [1.807, 2.05) is 6.07 Å². The first kappa shape index (κ1) is 20.8. The summed E-state index contributed by atoms with van der Waals surface area (Å²) in [6.07, 6.45) is 3.28. The molecule has 7 nitrogen and oxygen atoms in total. The molecule has 1 fully saturated rings. The van der Waals surface area contributed by atoms with E-state index < -0.39 is 17.7 Å². The maximum atomic E-state index is 13.1. The van der Waals surface area contributed by atoms with E-state index in [0.717, 1.165) is 5.56 Å². The molecule has 0 bridgehead atoms. The number of carbonyl (C=O) groups is 2. The van der Waals surface area contributed by atoms with E-state index in [4.69, 9.17) is 11.6 Å². The highest BCUT2D eigenvalue weighted by atomic mass is 35.5. The summed E-state index contributed by atoms with van der Waals surface area (Å²) in [7, 11) is 1.76. The molecule has 0 aliphatic carbocycles. The summed E-state index contributed by atoms with van der Waals surface area (Å²) < 4.78 is 1.63. The largest absolute Gasteiger partial charge is 0.507 e. The number of carbonyl (C=O) groups excluding carboxylic acids is 2. The number of ketones is 1. The third-order valence-electron chi connectivity index (χ3n) is 5.53. The minimum absolute atomic E-state index is 0.0235. The Morgan fingerprint density at radius 3 is 2.58 bits per heavy atom. The third-order valence-corrected chi connectivity index (χ3v) is 5.76. The van der Waals surface area contributed by atoms with E-state index in [9.17, 15) is 14.7 Å². The molecule has 1 atom stereocenters. The van der Waals surface area contributed by atoms with E-state index in [-0.39, 0.29) is 17.9 Å². The number of rotatable bonds is 4. The Morgan fingerprint density at radius 2 is 1.97 bits per heavy atom. The summed E-state index contributed by atoms with van der Waals surface area (Å²) in [6.45, 7) is 3.72. The molecule has 1 amide bonds. The number of hydrogen-bond acceptors (Lipinski definition) is 5. The van der Waals surface area contributed by atoms with Gasteiger partial charge in [0.2, 0.25) is 0 Å². The molecule has 1 unspecified atom stereocenters. The fraction of sp³-hybridized carbons (Fsp3) is 0.217. The zero-order valence-electron chi connectivity index (χ0n) is 17.3. The average Bonchev–Trinajstić information content (AvgIpc) is 3.14. The van der Waals surface area contributed by atoms with Crippen molar-refractivity contribution in [3.8, 4) is 0 Å². The number of amides is 1. The smallest absolute Gasteiger partial charge is 0.295 e. The number of Topliss-reactive ketones (excluding diaryl/α,β-unsaturated/α-hetero) is 1. The van der Waals surface area contributed by atoms with Crippen molar-refractivity contribution in [2.75, 3.05) is 0 Å². The molecule has 0 radical (unpaired) electrons. The van der Waals surface area contributed by atoms with Crippen LogP contribution in [0.4, 0.5) is 0 Å². The van der Waals surface area contributed by atoms with Crippen LogP contribution in [-0.2, 0) is 23.2 Å². The molecule has 1 aliphatic rings. The lowest BCUT2D eigenvalue weighted by molar-refractivity contribution is -0.140. The van der Waals surface area contributed by atoms with Gasteiger partial charge in [0.1, 0.15) is 5.76 Å². The van der Waals surface area contributed by atoms with Crippen LogP contribution >= 0.6 is 11.6 Å². The van der Waals surface area contributed by atoms with Gasteiger partial charge >= 0.3 is 0 Å². The topological polar surface area (TPSA) is 88.3 Å². The summed E-state index contributed by atoms with van der Waals surface area (Å²) in [4.78, 5) is 31.7. The fourth-order valence-electron chi connectivity index (χ4n) is 4.01. The van der Waals surface area contributed by atoms with Crippen molar-refractivity contribution < 1.29 is 14.7 Å². The van der Waals surface area contributed by atoms with Crippen LogP contribution in [0, 0.1) is 13.8 Å². The van der Waals surface area contributed by atoms with Gasteiger partial charge in [-0.1, -0.05) is 29.8 Å². The number of halogens is 1. The van der Waals surface area contributed by atoms with Crippen LogP contribution in [0.25, 0.3) is 5.76 Å². The number of aliphatic hydroxyl groups is 1. The van der Waals surface area contributed by atoms with E-state index in [2.05, 4.69) is 10.1 Å². The molecule has 31 heavy (non-hydrogen) atoms. The molecule has 3 heterocycles. The van der Waals surface area contributed by atoms with Gasteiger partial charge in [0.25, 0.3) is 11.7 Å². The average molecular weight is 437 g/mol. The lowest BCUT2D eigenvalue weighted by Gasteiger charge is -2.25. The monoisotopic (exact) mass is 436 g/mol. The lowest BCUT2D eigenvalue weighted by atomic mass is 9.94. The Labute approximate surface area is 184 Å². The van der Waals surface area contributed by atoms with Gasteiger partial charge in [-0.2, -0.15) is 5.10 Å². The highest BCUT2D eigenvalue weighted by Gasteiger charge is 2.46. The summed E-state index contributed by atoms with van der Waals surface area (Å²) in [5.41, 5.74) is 3.14. The van der Waals surface area contributed by atoms with Gasteiger partial charge in [0, 0.05) is 36.7 Å². The second kappa shape index (κ2) is 8.00. The molecule has 1 saturated heterocycles. The molecular formula is C23H21ClN4O3. The Morgan fingerprint density at radius 1 is 1.19 bits per heavy atom. The predicted molar refractivity (Wildman–Crippen MR) is 116 cm³/mol. The zero-order valence-corrected chi connectivity index (χ0v) is 18.1. The Kier molecular flexibility index (Phi) is 5.37. The molecule has 3 aromatic rings. The van der Waals surface area contributed by atoms with Gasteiger partial charge in [0.15, 0.2) is 0 Å². The highest BCUT2D eigenvalue weighted by Crippen LogP contribution is 2.41. The second-order valence-corrected chi connectivity index (χ2v) is 7.95. The van der Waals surface area contributed by atoms with Crippen LogP contribution < -0.4 is 0 Å². The van der Waals surface area contributed by atoms with Crippen molar-refractivity contribution in [3.05, 3.63) is 87.5 Å². The summed E-state index contributed by atoms with van der Waals surface area (Å²) in [5, 5.41) is 16.0. The van der Waals surface area contributed by atoms with Crippen LogP contribution in [0.1, 0.15) is 34.1 Å². The van der Waals surface area contributed by atoms with Gasteiger partial charge in [-0.25, -0.2) is 0 Å². The Bertz CT molecular complexity index is 1220. The summed E-state index contributed by atoms with van der Waals surface area (Å²) in [6, 6.07) is 9.76. The van der Waals surface area contributed by atoms with E-state index in [1.165, 1.54) is 4.90 Å². The Balaban J connectivity index is 1.92. The third kappa shape index (κ3) is 3.61. The van der Waals surface area contributed by atoms with Gasteiger partial charge in [-0.05, 0) is 43.2 Å². The van der Waals surface area contributed by atoms with Gasteiger partial charge in [-0.3, -0.25) is 19.3 Å². The van der Waals surface area contributed by atoms with Crippen molar-refractivity contribution in [1.29, 1.82) is 0 Å². The van der Waals surface area contributed by atoms with Crippen LogP contribution in [0.15, 0.2) is 54.4 Å². The molecule has 2 aromatic heterocycles.